The summed E-state index contributed by atoms with van der Waals surface area (Å²) in [5.74, 6) is 0.995. The number of non-ortho nitro benzene ring substituents is 1. The van der Waals surface area contributed by atoms with Gasteiger partial charge in [0.15, 0.2) is 7.05 Å². The number of benzene rings is 1. The van der Waals surface area contributed by atoms with Gasteiger partial charge in [-0.05, 0) is 18.1 Å². The highest BCUT2D eigenvalue weighted by molar-refractivity contribution is 5.33. The van der Waals surface area contributed by atoms with Crippen molar-refractivity contribution in [1.29, 1.82) is 0 Å². The van der Waals surface area contributed by atoms with Crippen molar-refractivity contribution in [3.63, 3.8) is 0 Å². The number of hydrogen-bond acceptors (Lipinski definition) is 4. The molecule has 1 heterocycles. The molecule has 0 fully saturated rings. The van der Waals surface area contributed by atoms with Gasteiger partial charge in [0.1, 0.15) is 5.76 Å². The second-order valence-electron chi connectivity index (χ2n) is 4.16. The molecule has 0 bridgehead atoms. The van der Waals surface area contributed by atoms with E-state index in [4.69, 9.17) is 4.42 Å². The molecule has 19 heavy (non-hydrogen) atoms. The molecule has 1 aromatic heterocycles. The maximum Gasteiger partial charge on any atom is 0.420 e. The van der Waals surface area contributed by atoms with Crippen LogP contribution in [0.3, 0.4) is 0 Å². The third-order valence-corrected chi connectivity index (χ3v) is 2.77. The lowest BCUT2D eigenvalue weighted by atomic mass is 10.1. The van der Waals surface area contributed by atoms with Crippen molar-refractivity contribution in [2.45, 2.75) is 12.8 Å². The molecular formula is C13H13N2O4+. The predicted octanol–water partition coefficient (Wildman–Crippen LogP) is 3.01. The second-order valence-corrected chi connectivity index (χ2v) is 4.16. The molecule has 6 heteroatoms. The van der Waals surface area contributed by atoms with E-state index >= 15 is 0 Å². The first-order valence-corrected chi connectivity index (χ1v) is 5.79. The molecule has 0 amide bonds. The van der Waals surface area contributed by atoms with E-state index in [1.165, 1.54) is 19.2 Å². The minimum absolute atomic E-state index is 0.0806. The fourth-order valence-electron chi connectivity index (χ4n) is 1.72. The summed E-state index contributed by atoms with van der Waals surface area (Å²) < 4.78 is 6.00. The van der Waals surface area contributed by atoms with Crippen molar-refractivity contribution < 1.29 is 14.1 Å². The Balaban J connectivity index is 1.97. The highest BCUT2D eigenvalue weighted by Crippen LogP contribution is 2.18. The number of nitroso groups, excluding NO2 is 1. The van der Waals surface area contributed by atoms with Gasteiger partial charge in [-0.3, -0.25) is 10.1 Å². The van der Waals surface area contributed by atoms with Gasteiger partial charge in [0, 0.05) is 23.5 Å². The molecule has 0 aliphatic carbocycles. The van der Waals surface area contributed by atoms with Crippen molar-refractivity contribution in [1.82, 2.24) is 0 Å². The molecule has 2 rings (SSSR count). The van der Waals surface area contributed by atoms with Gasteiger partial charge >= 0.3 is 5.88 Å². The molecule has 0 atom stereocenters. The van der Waals surface area contributed by atoms with E-state index in [-0.39, 0.29) is 11.6 Å². The van der Waals surface area contributed by atoms with Crippen molar-refractivity contribution in [3.05, 3.63) is 62.7 Å². The number of aryl methyl sites for hydroxylation is 2. The minimum Gasteiger partial charge on any atom is -0.407 e. The predicted molar refractivity (Wildman–Crippen MR) is 68.4 cm³/mol. The molecule has 0 saturated carbocycles. The molecule has 98 valence electrons. The Kier molecular flexibility index (Phi) is 3.70. The summed E-state index contributed by atoms with van der Waals surface area (Å²) >= 11 is 0. The summed E-state index contributed by atoms with van der Waals surface area (Å²) in [5, 5.41) is 10.5. The van der Waals surface area contributed by atoms with Crippen molar-refractivity contribution in [3.8, 4) is 0 Å². The number of nitro benzene ring substituents is 1. The molecule has 0 spiro atoms. The third kappa shape index (κ3) is 3.25. The molecule has 0 aliphatic heterocycles. The normalized spacial score (nSPS) is 10.4. The van der Waals surface area contributed by atoms with E-state index in [1.54, 1.807) is 24.3 Å². The zero-order chi connectivity index (χ0) is 13.8. The summed E-state index contributed by atoms with van der Waals surface area (Å²) in [4.78, 5) is 21.1. The van der Waals surface area contributed by atoms with E-state index in [2.05, 4.69) is 0 Å². The molecule has 0 N–H and O–H groups in total. The van der Waals surface area contributed by atoms with Crippen LogP contribution >= 0.6 is 0 Å². The smallest absolute Gasteiger partial charge is 0.407 e. The molecular weight excluding hydrogens is 248 g/mol. The lowest BCUT2D eigenvalue weighted by Gasteiger charge is -1.98. The second kappa shape index (κ2) is 5.43. The molecule has 2 aromatic rings. The number of nitro groups is 1. The molecule has 1 aromatic carbocycles. The maximum absolute atomic E-state index is 11.0. The largest absolute Gasteiger partial charge is 0.420 e. The zero-order valence-electron chi connectivity index (χ0n) is 10.4. The summed E-state index contributed by atoms with van der Waals surface area (Å²) in [7, 11) is 1.37. The van der Waals surface area contributed by atoms with Gasteiger partial charge in [0.2, 0.25) is 0 Å². The van der Waals surface area contributed by atoms with Gasteiger partial charge < -0.3 is 4.42 Å². The Morgan fingerprint density at radius 3 is 2.26 bits per heavy atom. The standard InChI is InChI=1S/C13H13N2O4/c1-14(16)13-9-8-12(19-13)7-4-10-2-5-11(6-3-10)15(17)18/h2-3,5-6,8-9H,4,7H2,1H3/q+1. The fraction of sp³-hybridized carbons (Fsp3) is 0.231. The van der Waals surface area contributed by atoms with Gasteiger partial charge in [-0.25, -0.2) is 0 Å². The Hall–Kier alpha value is -2.50. The van der Waals surface area contributed by atoms with Crippen LogP contribution in [0.5, 0.6) is 0 Å². The lowest BCUT2D eigenvalue weighted by Crippen LogP contribution is -1.92. The molecule has 6 nitrogen and oxygen atoms in total. The van der Waals surface area contributed by atoms with Crippen molar-refractivity contribution >= 4 is 11.6 Å². The average molecular weight is 261 g/mol. The average Bonchev–Trinajstić information content (AvgIpc) is 2.86. The van der Waals surface area contributed by atoms with Crippen LogP contribution in [0.25, 0.3) is 0 Å². The van der Waals surface area contributed by atoms with Gasteiger partial charge in [0.25, 0.3) is 5.69 Å². The molecule has 0 radical (unpaired) electrons. The van der Waals surface area contributed by atoms with Crippen LogP contribution in [0, 0.1) is 15.0 Å². The summed E-state index contributed by atoms with van der Waals surface area (Å²) in [6.45, 7) is 0. The number of furan rings is 1. The van der Waals surface area contributed by atoms with Gasteiger partial charge in [-0.1, -0.05) is 12.1 Å². The van der Waals surface area contributed by atoms with Crippen LogP contribution < -0.4 is 0 Å². The van der Waals surface area contributed by atoms with E-state index < -0.39 is 4.92 Å². The summed E-state index contributed by atoms with van der Waals surface area (Å²) in [6, 6.07) is 9.79. The first kappa shape index (κ1) is 12.9. The number of nitrogens with zero attached hydrogens (tertiary/aromatic N) is 2. The molecule has 0 aliphatic rings. The summed E-state index contributed by atoms with van der Waals surface area (Å²) in [6.07, 6.45) is 1.35. The third-order valence-electron chi connectivity index (χ3n) is 2.77. The van der Waals surface area contributed by atoms with E-state index in [0.717, 1.165) is 11.3 Å². The maximum atomic E-state index is 11.0. The van der Waals surface area contributed by atoms with Gasteiger partial charge in [-0.2, -0.15) is 0 Å². The van der Waals surface area contributed by atoms with Crippen LogP contribution in [0.15, 0.2) is 40.8 Å². The Morgan fingerprint density at radius 1 is 1.05 bits per heavy atom. The number of hydrogen-bond donors (Lipinski definition) is 0. The Bertz CT molecular complexity index is 601. The zero-order valence-corrected chi connectivity index (χ0v) is 10.4. The Morgan fingerprint density at radius 2 is 1.74 bits per heavy atom. The lowest BCUT2D eigenvalue weighted by molar-refractivity contribution is -0.444. The van der Waals surface area contributed by atoms with Gasteiger partial charge in [0.05, 0.1) is 15.7 Å². The van der Waals surface area contributed by atoms with E-state index in [1.807, 2.05) is 0 Å². The van der Waals surface area contributed by atoms with E-state index in [0.29, 0.717) is 17.6 Å². The van der Waals surface area contributed by atoms with Crippen LogP contribution in [0.4, 0.5) is 11.6 Å². The first-order valence-electron chi connectivity index (χ1n) is 5.79. The highest BCUT2D eigenvalue weighted by atomic mass is 16.6. The minimum atomic E-state index is -0.424. The summed E-state index contributed by atoms with van der Waals surface area (Å²) in [5.41, 5.74) is 1.07. The fourth-order valence-corrected chi connectivity index (χ4v) is 1.72. The molecule has 0 unspecified atom stereocenters. The Labute approximate surface area is 109 Å². The quantitative estimate of drug-likeness (QED) is 0.471. The van der Waals surface area contributed by atoms with E-state index in [9.17, 15) is 15.0 Å². The van der Waals surface area contributed by atoms with Crippen LogP contribution in [-0.4, -0.2) is 16.7 Å². The number of rotatable bonds is 5. The topological polar surface area (TPSA) is 76.4 Å². The van der Waals surface area contributed by atoms with Crippen molar-refractivity contribution in [2.24, 2.45) is 0 Å². The monoisotopic (exact) mass is 261 g/mol. The highest BCUT2D eigenvalue weighted by Gasteiger charge is 2.12. The molecule has 0 saturated heterocycles. The first-order chi connectivity index (χ1) is 9.06. The van der Waals surface area contributed by atoms with Crippen LogP contribution in [0.1, 0.15) is 11.3 Å². The van der Waals surface area contributed by atoms with Crippen LogP contribution in [-0.2, 0) is 12.8 Å². The SMILES string of the molecule is C[N+](=O)c1ccc(CCc2ccc([N+](=O)[O-])cc2)o1. The van der Waals surface area contributed by atoms with Crippen LogP contribution in [0.2, 0.25) is 0 Å². The van der Waals surface area contributed by atoms with Crippen molar-refractivity contribution in [2.75, 3.05) is 7.05 Å². The van der Waals surface area contributed by atoms with Gasteiger partial charge in [-0.15, -0.1) is 0 Å².